The Kier molecular flexibility index (Phi) is 6.23. The van der Waals surface area contributed by atoms with Gasteiger partial charge >= 0.3 is 5.97 Å². The van der Waals surface area contributed by atoms with Crippen LogP contribution in [0.25, 0.3) is 0 Å². The monoisotopic (exact) mass is 414 g/mol. The van der Waals surface area contributed by atoms with Crippen molar-refractivity contribution in [2.24, 2.45) is 5.92 Å². The molecule has 1 aliphatic rings. The standard InChI is InChI=1S/C22H23ClN2O4/c1-13-4-5-15(3)19(8-13)25-11-16(9-21(25)27)22(28)29-12-20(26)24-17-7-6-14(2)18(23)10-17/h4-8,10,16H,9,11-12H2,1-3H3,(H,24,26). The van der Waals surface area contributed by atoms with E-state index in [1.807, 2.05) is 39.0 Å². The zero-order chi connectivity index (χ0) is 21.1. The minimum atomic E-state index is -0.593. The second kappa shape index (κ2) is 8.66. The molecule has 1 heterocycles. The molecule has 0 saturated carbocycles. The van der Waals surface area contributed by atoms with Crippen LogP contribution in [0.5, 0.6) is 0 Å². The summed E-state index contributed by atoms with van der Waals surface area (Å²) in [7, 11) is 0. The van der Waals surface area contributed by atoms with E-state index in [4.69, 9.17) is 16.3 Å². The number of rotatable bonds is 5. The van der Waals surface area contributed by atoms with Crippen LogP contribution in [-0.2, 0) is 19.1 Å². The molecular weight excluding hydrogens is 392 g/mol. The number of nitrogens with zero attached hydrogens (tertiary/aromatic N) is 1. The molecule has 0 spiro atoms. The van der Waals surface area contributed by atoms with Gasteiger partial charge in [0.25, 0.3) is 5.91 Å². The zero-order valence-corrected chi connectivity index (χ0v) is 17.4. The first-order valence-electron chi connectivity index (χ1n) is 9.35. The number of ether oxygens (including phenoxy) is 1. The summed E-state index contributed by atoms with van der Waals surface area (Å²) in [6.07, 6.45) is 0.0708. The van der Waals surface area contributed by atoms with E-state index >= 15 is 0 Å². The summed E-state index contributed by atoms with van der Waals surface area (Å²) in [5, 5.41) is 3.17. The van der Waals surface area contributed by atoms with Crippen molar-refractivity contribution in [2.45, 2.75) is 27.2 Å². The highest BCUT2D eigenvalue weighted by molar-refractivity contribution is 6.31. The molecule has 2 aromatic carbocycles. The molecule has 29 heavy (non-hydrogen) atoms. The average molecular weight is 415 g/mol. The lowest BCUT2D eigenvalue weighted by atomic mass is 10.1. The molecule has 3 rings (SSSR count). The Morgan fingerprint density at radius 1 is 1.14 bits per heavy atom. The number of nitrogens with one attached hydrogen (secondary N) is 1. The van der Waals surface area contributed by atoms with Crippen LogP contribution in [0.2, 0.25) is 5.02 Å². The molecule has 0 bridgehead atoms. The summed E-state index contributed by atoms with van der Waals surface area (Å²) in [6, 6.07) is 11.0. The van der Waals surface area contributed by atoms with Crippen molar-refractivity contribution in [3.8, 4) is 0 Å². The Hall–Kier alpha value is -2.86. The van der Waals surface area contributed by atoms with E-state index in [9.17, 15) is 14.4 Å². The average Bonchev–Trinajstić information content (AvgIpc) is 3.06. The number of aryl methyl sites for hydroxylation is 3. The van der Waals surface area contributed by atoms with E-state index in [2.05, 4.69) is 5.32 Å². The third kappa shape index (κ3) is 4.95. The molecule has 1 unspecified atom stereocenters. The van der Waals surface area contributed by atoms with E-state index in [0.717, 1.165) is 22.4 Å². The predicted octanol–water partition coefficient (Wildman–Crippen LogP) is 3.80. The molecule has 1 N–H and O–H groups in total. The maximum Gasteiger partial charge on any atom is 0.311 e. The fourth-order valence-electron chi connectivity index (χ4n) is 3.23. The fourth-order valence-corrected chi connectivity index (χ4v) is 3.41. The molecule has 152 valence electrons. The Bertz CT molecular complexity index is 973. The van der Waals surface area contributed by atoms with E-state index in [1.165, 1.54) is 0 Å². The number of halogens is 1. The molecule has 1 fully saturated rings. The summed E-state index contributed by atoms with van der Waals surface area (Å²) in [5.41, 5.74) is 4.24. The summed E-state index contributed by atoms with van der Waals surface area (Å²) in [4.78, 5) is 38.5. The highest BCUT2D eigenvalue weighted by atomic mass is 35.5. The van der Waals surface area contributed by atoms with Crippen molar-refractivity contribution in [2.75, 3.05) is 23.4 Å². The van der Waals surface area contributed by atoms with E-state index in [1.54, 1.807) is 23.1 Å². The van der Waals surface area contributed by atoms with Gasteiger partial charge in [0, 0.05) is 29.4 Å². The van der Waals surface area contributed by atoms with Crippen LogP contribution >= 0.6 is 11.6 Å². The lowest BCUT2D eigenvalue weighted by Gasteiger charge is -2.19. The molecule has 0 aromatic heterocycles. The number of benzene rings is 2. The van der Waals surface area contributed by atoms with Crippen LogP contribution in [0.1, 0.15) is 23.1 Å². The van der Waals surface area contributed by atoms with Gasteiger partial charge in [0.05, 0.1) is 5.92 Å². The van der Waals surface area contributed by atoms with Gasteiger partial charge in [-0.05, 0) is 55.7 Å². The Morgan fingerprint density at radius 3 is 2.59 bits per heavy atom. The molecular formula is C22H23ClN2O4. The number of hydrogen-bond acceptors (Lipinski definition) is 4. The van der Waals surface area contributed by atoms with Crippen LogP contribution in [0.4, 0.5) is 11.4 Å². The Morgan fingerprint density at radius 2 is 1.86 bits per heavy atom. The van der Waals surface area contributed by atoms with Gasteiger partial charge in [-0.2, -0.15) is 0 Å². The Balaban J connectivity index is 1.56. The lowest BCUT2D eigenvalue weighted by Crippen LogP contribution is -2.28. The van der Waals surface area contributed by atoms with Crippen LogP contribution in [0.15, 0.2) is 36.4 Å². The highest BCUT2D eigenvalue weighted by Crippen LogP contribution is 2.29. The summed E-state index contributed by atoms with van der Waals surface area (Å²) < 4.78 is 5.14. The van der Waals surface area contributed by atoms with E-state index in [-0.39, 0.29) is 18.9 Å². The SMILES string of the molecule is Cc1ccc(C)c(N2CC(C(=O)OCC(=O)Nc3ccc(C)c(Cl)c3)CC2=O)c1. The zero-order valence-electron chi connectivity index (χ0n) is 16.6. The quantitative estimate of drug-likeness (QED) is 0.755. The van der Waals surface area contributed by atoms with Gasteiger partial charge in [-0.15, -0.1) is 0 Å². The van der Waals surface area contributed by atoms with Gasteiger partial charge in [-0.1, -0.05) is 29.8 Å². The third-order valence-corrected chi connectivity index (χ3v) is 5.32. The minimum Gasteiger partial charge on any atom is -0.455 e. The largest absolute Gasteiger partial charge is 0.455 e. The molecule has 6 nitrogen and oxygen atoms in total. The molecule has 1 atom stereocenters. The molecule has 1 aliphatic heterocycles. The van der Waals surface area contributed by atoms with Crippen molar-refractivity contribution < 1.29 is 19.1 Å². The number of carbonyl (C=O) groups excluding carboxylic acids is 3. The van der Waals surface area contributed by atoms with E-state index < -0.39 is 24.4 Å². The van der Waals surface area contributed by atoms with Gasteiger partial charge in [-0.3, -0.25) is 14.4 Å². The molecule has 7 heteroatoms. The van der Waals surface area contributed by atoms with Crippen molar-refractivity contribution in [1.29, 1.82) is 0 Å². The summed E-state index contributed by atoms with van der Waals surface area (Å²) in [6.45, 7) is 5.57. The first kappa shape index (κ1) is 20.9. The number of carbonyl (C=O) groups is 3. The first-order chi connectivity index (χ1) is 13.7. The van der Waals surface area contributed by atoms with E-state index in [0.29, 0.717) is 10.7 Å². The van der Waals surface area contributed by atoms with Crippen LogP contribution in [0.3, 0.4) is 0 Å². The van der Waals surface area contributed by atoms with Gasteiger partial charge < -0.3 is 15.0 Å². The molecule has 2 amide bonds. The van der Waals surface area contributed by atoms with Crippen molar-refractivity contribution in [3.05, 3.63) is 58.1 Å². The smallest absolute Gasteiger partial charge is 0.311 e. The van der Waals surface area contributed by atoms with Crippen LogP contribution < -0.4 is 10.2 Å². The maximum atomic E-state index is 12.4. The predicted molar refractivity (Wildman–Crippen MR) is 112 cm³/mol. The Labute approximate surface area is 174 Å². The van der Waals surface area contributed by atoms with Crippen LogP contribution in [0, 0.1) is 26.7 Å². The van der Waals surface area contributed by atoms with Gasteiger partial charge in [-0.25, -0.2) is 0 Å². The molecule has 1 saturated heterocycles. The number of amides is 2. The molecule has 0 radical (unpaired) electrons. The van der Waals surface area contributed by atoms with Crippen molar-refractivity contribution >= 4 is 40.8 Å². The van der Waals surface area contributed by atoms with Gasteiger partial charge in [0.2, 0.25) is 5.91 Å². The van der Waals surface area contributed by atoms with Crippen LogP contribution in [-0.4, -0.2) is 30.9 Å². The molecule has 2 aromatic rings. The van der Waals surface area contributed by atoms with Crippen molar-refractivity contribution in [3.63, 3.8) is 0 Å². The fraction of sp³-hybridized carbons (Fsp3) is 0.318. The maximum absolute atomic E-state index is 12.4. The second-order valence-electron chi connectivity index (χ2n) is 7.32. The topological polar surface area (TPSA) is 75.7 Å². The van der Waals surface area contributed by atoms with Gasteiger partial charge in [0.1, 0.15) is 0 Å². The first-order valence-corrected chi connectivity index (χ1v) is 9.72. The van der Waals surface area contributed by atoms with Crippen molar-refractivity contribution in [1.82, 2.24) is 0 Å². The summed E-state index contributed by atoms with van der Waals surface area (Å²) in [5.74, 6) is -1.74. The highest BCUT2D eigenvalue weighted by Gasteiger charge is 2.36. The second-order valence-corrected chi connectivity index (χ2v) is 7.72. The molecule has 0 aliphatic carbocycles. The third-order valence-electron chi connectivity index (χ3n) is 4.91. The lowest BCUT2D eigenvalue weighted by molar-refractivity contribution is -0.151. The normalized spacial score (nSPS) is 16.1. The number of anilines is 2. The number of hydrogen-bond donors (Lipinski definition) is 1. The number of esters is 1. The van der Waals surface area contributed by atoms with Gasteiger partial charge in [0.15, 0.2) is 6.61 Å². The minimum absolute atomic E-state index is 0.0708. The summed E-state index contributed by atoms with van der Waals surface area (Å²) >= 11 is 6.04.